The topological polar surface area (TPSA) is 24.8 Å². The molecular weight excluding hydrogens is 125 g/mol. The lowest BCUT2D eigenvalue weighted by molar-refractivity contribution is -0.0966. The molecule has 0 atom stereocenters. The third-order valence-electron chi connectivity index (χ3n) is 0.399. The van der Waals surface area contributed by atoms with E-state index in [9.17, 15) is 13.4 Å². The van der Waals surface area contributed by atoms with E-state index in [2.05, 4.69) is 4.74 Å². The van der Waals surface area contributed by atoms with Crippen molar-refractivity contribution in [2.24, 2.45) is 5.21 Å². The molecule has 0 amide bonds. The van der Waals surface area contributed by atoms with Crippen molar-refractivity contribution in [1.29, 1.82) is 0 Å². The Kier molecular flexibility index (Phi) is 2.75. The number of hydrogen-bond acceptors (Lipinski definition) is 2. The van der Waals surface area contributed by atoms with Crippen LogP contribution in [0.2, 0.25) is 0 Å². The quantitative estimate of drug-likeness (QED) is 0.275. The first-order chi connectivity index (χ1) is 3.72. The highest BCUT2D eigenvalue weighted by Gasteiger charge is 2.08. The highest BCUT2D eigenvalue weighted by Crippen LogP contribution is 1.93. The molecule has 8 heavy (non-hydrogen) atoms. The van der Waals surface area contributed by atoms with Gasteiger partial charge in [-0.25, -0.2) is 0 Å². The van der Waals surface area contributed by atoms with Crippen molar-refractivity contribution in [2.75, 3.05) is 7.11 Å². The molecule has 0 aliphatic carbocycles. The molecular formula is C2H3F3N2O. The number of rotatable bonds is 0. The highest BCUT2D eigenvalue weighted by atomic mass is 19.4. The fourth-order valence-corrected chi connectivity index (χ4v) is 0.132. The summed E-state index contributed by atoms with van der Waals surface area (Å²) in [6, 6.07) is -1.36. The van der Waals surface area contributed by atoms with Gasteiger partial charge in [-0.1, -0.05) is 13.4 Å². The maximum atomic E-state index is 11.0. The standard InChI is InChI=1S/C2H3F3N2O/c1-8-2(6-3)7(4)5/h1H3/b6-2+. The zero-order chi connectivity index (χ0) is 6.57. The predicted molar refractivity (Wildman–Crippen MR) is 19.6 cm³/mol. The lowest BCUT2D eigenvalue weighted by Crippen LogP contribution is -2.14. The largest absolute Gasteiger partial charge is 0.463 e. The first kappa shape index (κ1) is 7.06. The second kappa shape index (κ2) is 3.11. The molecule has 0 bridgehead atoms. The maximum Gasteiger partial charge on any atom is 0.380 e. The van der Waals surface area contributed by atoms with Crippen LogP contribution < -0.4 is 0 Å². The van der Waals surface area contributed by atoms with E-state index in [1.807, 2.05) is 0 Å². The van der Waals surface area contributed by atoms with Gasteiger partial charge in [0, 0.05) is 5.34 Å². The molecule has 0 aliphatic rings. The van der Waals surface area contributed by atoms with Gasteiger partial charge in [0.05, 0.1) is 7.11 Å². The van der Waals surface area contributed by atoms with Crippen molar-refractivity contribution in [3.8, 4) is 0 Å². The van der Waals surface area contributed by atoms with Crippen molar-refractivity contribution < 1.29 is 18.2 Å². The van der Waals surface area contributed by atoms with E-state index >= 15 is 0 Å². The van der Waals surface area contributed by atoms with E-state index in [0.717, 1.165) is 7.11 Å². The van der Waals surface area contributed by atoms with Gasteiger partial charge in [-0.15, -0.1) is 0 Å². The summed E-state index contributed by atoms with van der Waals surface area (Å²) in [5.41, 5.74) is 0. The Morgan fingerprint density at radius 1 is 1.62 bits per heavy atom. The molecule has 0 aromatic carbocycles. The van der Waals surface area contributed by atoms with Gasteiger partial charge in [0.1, 0.15) is 0 Å². The lowest BCUT2D eigenvalue weighted by Gasteiger charge is -1.98. The molecule has 0 N–H and O–H groups in total. The first-order valence-corrected chi connectivity index (χ1v) is 1.57. The fourth-order valence-electron chi connectivity index (χ4n) is 0.132. The Hall–Kier alpha value is -0.940. The molecule has 0 rings (SSSR count). The van der Waals surface area contributed by atoms with Crippen LogP contribution in [0.3, 0.4) is 0 Å². The van der Waals surface area contributed by atoms with Gasteiger partial charge >= 0.3 is 6.02 Å². The molecule has 0 heterocycles. The summed E-state index contributed by atoms with van der Waals surface area (Å²) < 4.78 is 36.6. The van der Waals surface area contributed by atoms with Crippen LogP contribution in [0, 0.1) is 0 Å². The molecule has 0 aromatic heterocycles. The summed E-state index contributed by atoms with van der Waals surface area (Å²) in [7, 11) is 0.880. The minimum Gasteiger partial charge on any atom is -0.463 e. The van der Waals surface area contributed by atoms with Crippen LogP contribution in [-0.2, 0) is 4.74 Å². The van der Waals surface area contributed by atoms with E-state index in [-0.39, 0.29) is 0 Å². The van der Waals surface area contributed by atoms with Crippen LogP contribution in [0.1, 0.15) is 0 Å². The monoisotopic (exact) mass is 128 g/mol. The Morgan fingerprint density at radius 2 is 2.12 bits per heavy atom. The lowest BCUT2D eigenvalue weighted by atomic mass is 11.2. The molecule has 0 radical (unpaired) electrons. The van der Waals surface area contributed by atoms with Gasteiger partial charge in [-0.2, -0.15) is 0 Å². The van der Waals surface area contributed by atoms with Gasteiger partial charge < -0.3 is 4.74 Å². The van der Waals surface area contributed by atoms with Crippen LogP contribution in [0.5, 0.6) is 0 Å². The normalized spacial score (nSPS) is 11.2. The third-order valence-corrected chi connectivity index (χ3v) is 0.399. The minimum atomic E-state index is -1.57. The molecule has 0 unspecified atom stereocenters. The summed E-state index contributed by atoms with van der Waals surface area (Å²) in [5.74, 6) is 0. The number of hydrogen-bond donors (Lipinski definition) is 0. The molecule has 3 nitrogen and oxygen atoms in total. The Bertz CT molecular complexity index is 93.3. The molecule has 0 saturated carbocycles. The first-order valence-electron chi connectivity index (χ1n) is 1.57. The second-order valence-electron chi connectivity index (χ2n) is 0.804. The maximum absolute atomic E-state index is 11.0. The molecule has 0 spiro atoms. The van der Waals surface area contributed by atoms with Crippen LogP contribution in [0.15, 0.2) is 5.21 Å². The van der Waals surface area contributed by atoms with E-state index in [0.29, 0.717) is 0 Å². The molecule has 48 valence electrons. The highest BCUT2D eigenvalue weighted by molar-refractivity contribution is 5.70. The summed E-state index contributed by atoms with van der Waals surface area (Å²) in [6.45, 7) is 0. The SMILES string of the molecule is CO/C(=N/F)N(F)F. The van der Waals surface area contributed by atoms with E-state index in [1.54, 1.807) is 5.21 Å². The van der Waals surface area contributed by atoms with Crippen LogP contribution in [-0.4, -0.2) is 18.5 Å². The molecule has 0 saturated heterocycles. The van der Waals surface area contributed by atoms with Crippen molar-refractivity contribution in [2.45, 2.75) is 0 Å². The van der Waals surface area contributed by atoms with Crippen molar-refractivity contribution in [3.63, 3.8) is 0 Å². The van der Waals surface area contributed by atoms with E-state index < -0.39 is 11.4 Å². The van der Waals surface area contributed by atoms with Crippen molar-refractivity contribution >= 4 is 6.02 Å². The number of amidine groups is 1. The zero-order valence-electron chi connectivity index (χ0n) is 3.94. The number of ether oxygens (including phenoxy) is 1. The summed E-state index contributed by atoms with van der Waals surface area (Å²) in [6.07, 6.45) is 0. The number of methoxy groups -OCH3 is 1. The molecule has 0 aliphatic heterocycles. The third kappa shape index (κ3) is 1.67. The number of halogens is 3. The van der Waals surface area contributed by atoms with E-state index in [1.165, 1.54) is 0 Å². The van der Waals surface area contributed by atoms with Crippen LogP contribution >= 0.6 is 0 Å². The van der Waals surface area contributed by atoms with Gasteiger partial charge in [0.25, 0.3) is 0 Å². The van der Waals surface area contributed by atoms with Gasteiger partial charge in [-0.3, -0.25) is 0 Å². The van der Waals surface area contributed by atoms with Gasteiger partial charge in [0.15, 0.2) is 0 Å². The second-order valence-corrected chi connectivity index (χ2v) is 0.804. The Labute approximate surface area is 43.2 Å². The Morgan fingerprint density at radius 3 is 2.12 bits per heavy atom. The summed E-state index contributed by atoms with van der Waals surface area (Å²) >= 11 is 0. The minimum absolute atomic E-state index is 0.880. The number of nitrogens with zero attached hydrogens (tertiary/aromatic N) is 2. The van der Waals surface area contributed by atoms with Crippen LogP contribution in [0.4, 0.5) is 13.4 Å². The molecule has 0 aromatic rings. The van der Waals surface area contributed by atoms with Gasteiger partial charge in [0.2, 0.25) is 0 Å². The smallest absolute Gasteiger partial charge is 0.380 e. The van der Waals surface area contributed by atoms with E-state index in [4.69, 9.17) is 0 Å². The summed E-state index contributed by atoms with van der Waals surface area (Å²) in [5, 5.41) is 0.00694. The predicted octanol–water partition coefficient (Wildman–Crippen LogP) is 0.944. The average Bonchev–Trinajstić information content (AvgIpc) is 1.69. The van der Waals surface area contributed by atoms with Crippen molar-refractivity contribution in [1.82, 2.24) is 5.34 Å². The fraction of sp³-hybridized carbons (Fsp3) is 0.500. The average molecular weight is 128 g/mol. The summed E-state index contributed by atoms with van der Waals surface area (Å²) in [4.78, 5) is 0. The Balaban J connectivity index is 3.72. The zero-order valence-corrected chi connectivity index (χ0v) is 3.94. The molecule has 6 heteroatoms. The molecule has 0 fully saturated rings. The van der Waals surface area contributed by atoms with Crippen LogP contribution in [0.25, 0.3) is 0 Å². The van der Waals surface area contributed by atoms with Gasteiger partial charge in [-0.05, 0) is 5.21 Å². The van der Waals surface area contributed by atoms with Crippen molar-refractivity contribution in [3.05, 3.63) is 0 Å².